The van der Waals surface area contributed by atoms with Crippen molar-refractivity contribution in [3.63, 3.8) is 0 Å². The third kappa shape index (κ3) is 3.30. The van der Waals surface area contributed by atoms with E-state index in [0.717, 1.165) is 29.4 Å². The molecule has 2 unspecified atom stereocenters. The van der Waals surface area contributed by atoms with E-state index in [1.54, 1.807) is 36.1 Å². The Hall–Kier alpha value is -3.35. The van der Waals surface area contributed by atoms with E-state index in [1.165, 1.54) is 0 Å². The van der Waals surface area contributed by atoms with Gasteiger partial charge in [-0.1, -0.05) is 37.6 Å². The number of carbonyl (C=O) groups excluding carboxylic acids is 2. The van der Waals surface area contributed by atoms with E-state index in [-0.39, 0.29) is 18.3 Å². The normalized spacial score (nSPS) is 18.5. The van der Waals surface area contributed by atoms with E-state index in [2.05, 4.69) is 6.92 Å². The number of unbranched alkanes of at least 4 members (excludes halogenated alkanes) is 1. The fourth-order valence-electron chi connectivity index (χ4n) is 4.05. The lowest BCUT2D eigenvalue weighted by atomic mass is 9.89. The van der Waals surface area contributed by atoms with Gasteiger partial charge in [0.25, 0.3) is 0 Å². The van der Waals surface area contributed by atoms with Gasteiger partial charge in [0.1, 0.15) is 5.75 Å². The Labute approximate surface area is 174 Å². The molecule has 0 fully saturated rings. The molecule has 7 nitrogen and oxygen atoms in total. The molecule has 1 N–H and O–H groups in total. The highest BCUT2D eigenvalue weighted by Gasteiger charge is 2.47. The number of phenolic OH excluding ortho intramolecular Hbond substituents is 1. The van der Waals surface area contributed by atoms with Crippen molar-refractivity contribution in [3.8, 4) is 5.75 Å². The number of carbonyl (C=O) groups is 2. The van der Waals surface area contributed by atoms with Crippen LogP contribution in [0.5, 0.6) is 5.75 Å². The third-order valence-corrected chi connectivity index (χ3v) is 5.46. The van der Waals surface area contributed by atoms with Gasteiger partial charge in [0.15, 0.2) is 5.92 Å². The molecule has 2 aromatic carbocycles. The van der Waals surface area contributed by atoms with Crippen LogP contribution in [0.25, 0.3) is 11.0 Å². The van der Waals surface area contributed by atoms with Crippen molar-refractivity contribution in [3.05, 3.63) is 54.1 Å². The maximum absolute atomic E-state index is 13.6. The van der Waals surface area contributed by atoms with E-state index in [4.69, 9.17) is 9.72 Å². The molecule has 1 aliphatic rings. The number of ether oxygens (including phenoxy) is 1. The summed E-state index contributed by atoms with van der Waals surface area (Å²) in [5.74, 6) is -1.23. The number of nitrogens with zero attached hydrogens (tertiary/aromatic N) is 3. The van der Waals surface area contributed by atoms with Crippen LogP contribution in [0.15, 0.2) is 48.5 Å². The van der Waals surface area contributed by atoms with Crippen molar-refractivity contribution < 1.29 is 19.4 Å². The Morgan fingerprint density at radius 3 is 2.57 bits per heavy atom. The summed E-state index contributed by atoms with van der Waals surface area (Å²) in [7, 11) is 0. The standard InChI is InChI=1S/C23H25N3O4/c1-3-5-14-25-21(28)19(22(29)30-4-2)20(15-10-12-16(27)13-11-15)26-18-9-7-6-8-17(18)24-23(25)26/h6-13,19-20,27H,3-5,14H2,1-2H3. The fourth-order valence-corrected chi connectivity index (χ4v) is 4.05. The summed E-state index contributed by atoms with van der Waals surface area (Å²) >= 11 is 0. The number of benzene rings is 2. The minimum absolute atomic E-state index is 0.119. The Bertz CT molecular complexity index is 1070. The predicted octanol–water partition coefficient (Wildman–Crippen LogP) is 3.66. The maximum Gasteiger partial charge on any atom is 0.321 e. The van der Waals surface area contributed by atoms with E-state index < -0.39 is 17.9 Å². The highest BCUT2D eigenvalue weighted by atomic mass is 16.5. The predicted molar refractivity (Wildman–Crippen MR) is 113 cm³/mol. The monoisotopic (exact) mass is 407 g/mol. The largest absolute Gasteiger partial charge is 0.508 e. The van der Waals surface area contributed by atoms with Crippen LogP contribution in [-0.2, 0) is 14.3 Å². The van der Waals surface area contributed by atoms with Crippen LogP contribution in [0.3, 0.4) is 0 Å². The minimum Gasteiger partial charge on any atom is -0.508 e. The lowest BCUT2D eigenvalue weighted by Crippen LogP contribution is -2.50. The summed E-state index contributed by atoms with van der Waals surface area (Å²) in [6.07, 6.45) is 1.71. The molecule has 1 aliphatic heterocycles. The second-order valence-corrected chi connectivity index (χ2v) is 7.38. The highest BCUT2D eigenvalue weighted by molar-refractivity contribution is 6.08. The molecular weight excluding hydrogens is 382 g/mol. The van der Waals surface area contributed by atoms with Crippen LogP contribution in [0, 0.1) is 5.92 Å². The molecule has 1 aromatic heterocycles. The summed E-state index contributed by atoms with van der Waals surface area (Å²) in [4.78, 5) is 32.9. The van der Waals surface area contributed by atoms with Crippen LogP contribution < -0.4 is 4.90 Å². The first-order chi connectivity index (χ1) is 14.6. The Morgan fingerprint density at radius 1 is 1.13 bits per heavy atom. The number of rotatable bonds is 6. The van der Waals surface area contributed by atoms with Crippen LogP contribution in [0.4, 0.5) is 5.95 Å². The number of aromatic hydroxyl groups is 1. The molecule has 0 bridgehead atoms. The van der Waals surface area contributed by atoms with E-state index >= 15 is 0 Å². The Kier molecular flexibility index (Phi) is 5.44. The van der Waals surface area contributed by atoms with Crippen molar-refractivity contribution in [1.82, 2.24) is 9.55 Å². The van der Waals surface area contributed by atoms with Gasteiger partial charge < -0.3 is 14.4 Å². The first kappa shape index (κ1) is 19.9. The number of aromatic nitrogens is 2. The second-order valence-electron chi connectivity index (χ2n) is 7.38. The van der Waals surface area contributed by atoms with E-state index in [0.29, 0.717) is 12.5 Å². The lowest BCUT2D eigenvalue weighted by molar-refractivity contribution is -0.153. The molecule has 2 atom stereocenters. The minimum atomic E-state index is -1.03. The van der Waals surface area contributed by atoms with Gasteiger partial charge in [-0.15, -0.1) is 0 Å². The number of imidazole rings is 1. The van der Waals surface area contributed by atoms with Gasteiger partial charge in [0.05, 0.1) is 23.7 Å². The van der Waals surface area contributed by atoms with Crippen molar-refractivity contribution in [1.29, 1.82) is 0 Å². The first-order valence-corrected chi connectivity index (χ1v) is 10.3. The highest BCUT2D eigenvalue weighted by Crippen LogP contribution is 2.41. The molecule has 0 spiro atoms. The summed E-state index contributed by atoms with van der Waals surface area (Å²) in [5.41, 5.74) is 2.34. The Morgan fingerprint density at radius 2 is 1.87 bits per heavy atom. The van der Waals surface area contributed by atoms with Gasteiger partial charge in [-0.3, -0.25) is 14.5 Å². The zero-order valence-corrected chi connectivity index (χ0v) is 17.1. The molecule has 0 radical (unpaired) electrons. The molecule has 3 aromatic rings. The summed E-state index contributed by atoms with van der Waals surface area (Å²) < 4.78 is 7.27. The smallest absolute Gasteiger partial charge is 0.321 e. The van der Waals surface area contributed by atoms with Gasteiger partial charge in [0.2, 0.25) is 11.9 Å². The number of hydrogen-bond donors (Lipinski definition) is 1. The van der Waals surface area contributed by atoms with Crippen molar-refractivity contribution in [2.24, 2.45) is 5.92 Å². The molecule has 7 heteroatoms. The molecule has 2 heterocycles. The average molecular weight is 407 g/mol. The van der Waals surface area contributed by atoms with Gasteiger partial charge in [0, 0.05) is 6.54 Å². The SMILES string of the molecule is CCCCN1C(=O)C(C(=O)OCC)C(c2ccc(O)cc2)n2c1nc1ccccc12. The van der Waals surface area contributed by atoms with E-state index in [1.807, 2.05) is 28.8 Å². The van der Waals surface area contributed by atoms with Crippen molar-refractivity contribution in [2.75, 3.05) is 18.1 Å². The van der Waals surface area contributed by atoms with Crippen LogP contribution >= 0.6 is 0 Å². The van der Waals surface area contributed by atoms with Gasteiger partial charge >= 0.3 is 5.97 Å². The molecule has 4 rings (SSSR count). The van der Waals surface area contributed by atoms with Crippen LogP contribution in [-0.4, -0.2) is 39.7 Å². The topological polar surface area (TPSA) is 84.7 Å². The van der Waals surface area contributed by atoms with Crippen LogP contribution in [0.1, 0.15) is 38.3 Å². The number of esters is 1. The number of hydrogen-bond acceptors (Lipinski definition) is 5. The van der Waals surface area contributed by atoms with E-state index in [9.17, 15) is 14.7 Å². The number of phenols is 1. The molecule has 0 saturated heterocycles. The lowest BCUT2D eigenvalue weighted by Gasteiger charge is -2.38. The van der Waals surface area contributed by atoms with Gasteiger partial charge in [-0.25, -0.2) is 4.98 Å². The Balaban J connectivity index is 1.97. The quantitative estimate of drug-likeness (QED) is 0.498. The number of anilines is 1. The summed E-state index contributed by atoms with van der Waals surface area (Å²) in [6, 6.07) is 13.6. The van der Waals surface area contributed by atoms with Gasteiger partial charge in [-0.2, -0.15) is 0 Å². The molecule has 156 valence electrons. The molecule has 0 saturated carbocycles. The molecule has 30 heavy (non-hydrogen) atoms. The zero-order chi connectivity index (χ0) is 21.3. The number of para-hydroxylation sites is 2. The second kappa shape index (κ2) is 8.18. The fraction of sp³-hybridized carbons (Fsp3) is 0.348. The number of fused-ring (bicyclic) bond motifs is 3. The average Bonchev–Trinajstić information content (AvgIpc) is 3.12. The van der Waals surface area contributed by atoms with Gasteiger partial charge in [-0.05, 0) is 43.2 Å². The maximum atomic E-state index is 13.6. The summed E-state index contributed by atoms with van der Waals surface area (Å²) in [5, 5.41) is 9.75. The van der Waals surface area contributed by atoms with Crippen LogP contribution in [0.2, 0.25) is 0 Å². The third-order valence-electron chi connectivity index (χ3n) is 5.46. The summed E-state index contributed by atoms with van der Waals surface area (Å²) in [6.45, 7) is 4.46. The molecular formula is C23H25N3O4. The van der Waals surface area contributed by atoms with Crippen molar-refractivity contribution in [2.45, 2.75) is 32.7 Å². The van der Waals surface area contributed by atoms with Crippen molar-refractivity contribution >= 4 is 28.9 Å². The molecule has 1 amide bonds. The first-order valence-electron chi connectivity index (χ1n) is 10.3. The molecule has 0 aliphatic carbocycles. The zero-order valence-electron chi connectivity index (χ0n) is 17.1. The number of amides is 1.